The zero-order valence-electron chi connectivity index (χ0n) is 7.83. The Hall–Kier alpha value is -1.13. The molecule has 1 aromatic heterocycles. The average molecular weight is 216 g/mol. The Bertz CT molecular complexity index is 330. The van der Waals surface area contributed by atoms with Gasteiger partial charge in [0, 0.05) is 12.1 Å². The lowest BCUT2D eigenvalue weighted by Crippen LogP contribution is -2.28. The molecule has 0 aliphatic carbocycles. The van der Waals surface area contributed by atoms with Crippen molar-refractivity contribution in [1.82, 2.24) is 4.90 Å². The second-order valence-electron chi connectivity index (χ2n) is 3.10. The van der Waals surface area contributed by atoms with Crippen molar-refractivity contribution in [2.24, 2.45) is 0 Å². The number of nitrogens with zero attached hydrogens (tertiary/aromatic N) is 1. The van der Waals surface area contributed by atoms with Crippen molar-refractivity contribution < 1.29 is 14.9 Å². The van der Waals surface area contributed by atoms with Gasteiger partial charge in [0.2, 0.25) is 0 Å². The van der Waals surface area contributed by atoms with Crippen LogP contribution >= 0.6 is 11.6 Å². The van der Waals surface area contributed by atoms with Gasteiger partial charge in [0.05, 0.1) is 18.1 Å². The Labute approximate surface area is 87.1 Å². The van der Waals surface area contributed by atoms with Crippen LogP contribution in [0, 0.1) is 0 Å². The van der Waals surface area contributed by atoms with E-state index in [1.807, 2.05) is 0 Å². The van der Waals surface area contributed by atoms with Gasteiger partial charge in [0.25, 0.3) is 0 Å². The smallest absolute Gasteiger partial charge is 0.317 e. The second-order valence-corrected chi connectivity index (χ2v) is 3.53. The molecule has 1 aromatic rings. The molecule has 0 radical (unpaired) electrons. The quantitative estimate of drug-likeness (QED) is 0.803. The number of hydrogen-bond acceptors (Lipinski definition) is 2. The minimum absolute atomic E-state index is 0.0142. The SMILES string of the molecule is CN(CC(=O)O)Cc1cc(Cl)cc[nH+]1. The highest BCUT2D eigenvalue weighted by molar-refractivity contribution is 6.30. The molecule has 0 aliphatic heterocycles. The molecule has 0 aliphatic rings. The van der Waals surface area contributed by atoms with Gasteiger partial charge in [0.15, 0.2) is 11.9 Å². The van der Waals surface area contributed by atoms with Gasteiger partial charge in [-0.05, 0) is 7.05 Å². The zero-order valence-corrected chi connectivity index (χ0v) is 8.58. The van der Waals surface area contributed by atoms with Gasteiger partial charge in [-0.3, -0.25) is 9.69 Å². The summed E-state index contributed by atoms with van der Waals surface area (Å²) >= 11 is 5.78. The Kier molecular flexibility index (Phi) is 3.85. The van der Waals surface area contributed by atoms with Crippen LogP contribution in [-0.2, 0) is 11.3 Å². The molecule has 76 valence electrons. The predicted molar refractivity (Wildman–Crippen MR) is 52.0 cm³/mol. The van der Waals surface area contributed by atoms with E-state index < -0.39 is 5.97 Å². The molecule has 14 heavy (non-hydrogen) atoms. The van der Waals surface area contributed by atoms with E-state index in [2.05, 4.69) is 4.98 Å². The number of hydrogen-bond donors (Lipinski definition) is 1. The molecule has 0 saturated carbocycles. The van der Waals surface area contributed by atoms with Gasteiger partial charge in [-0.1, -0.05) is 11.6 Å². The Morgan fingerprint density at radius 2 is 2.43 bits per heavy atom. The first-order chi connectivity index (χ1) is 6.58. The van der Waals surface area contributed by atoms with Crippen molar-refractivity contribution in [3.63, 3.8) is 0 Å². The van der Waals surface area contributed by atoms with Crippen molar-refractivity contribution >= 4 is 17.6 Å². The third kappa shape index (κ3) is 3.72. The molecular weight excluding hydrogens is 204 g/mol. The molecule has 0 spiro atoms. The standard InChI is InChI=1S/C9H11ClN2O2/c1-12(6-9(13)14)5-8-4-7(10)2-3-11-8/h2-4H,5-6H2,1H3,(H,13,14)/p+1. The first-order valence-corrected chi connectivity index (χ1v) is 4.52. The Morgan fingerprint density at radius 3 is 3.00 bits per heavy atom. The minimum atomic E-state index is -0.838. The van der Waals surface area contributed by atoms with Gasteiger partial charge >= 0.3 is 5.97 Å². The van der Waals surface area contributed by atoms with Crippen molar-refractivity contribution in [1.29, 1.82) is 0 Å². The van der Waals surface area contributed by atoms with E-state index in [4.69, 9.17) is 16.7 Å². The number of rotatable bonds is 4. The van der Waals surface area contributed by atoms with Crippen molar-refractivity contribution in [2.45, 2.75) is 6.54 Å². The summed E-state index contributed by atoms with van der Waals surface area (Å²) in [6.45, 7) is 0.549. The van der Waals surface area contributed by atoms with Crippen molar-refractivity contribution in [3.05, 3.63) is 29.0 Å². The molecule has 0 atom stereocenters. The number of halogens is 1. The van der Waals surface area contributed by atoms with E-state index >= 15 is 0 Å². The predicted octanol–water partition coefficient (Wildman–Crippen LogP) is 0.670. The van der Waals surface area contributed by atoms with Crippen molar-refractivity contribution in [2.75, 3.05) is 13.6 Å². The fraction of sp³-hybridized carbons (Fsp3) is 0.333. The molecule has 5 heteroatoms. The number of aliphatic carboxylic acids is 1. The summed E-state index contributed by atoms with van der Waals surface area (Å²) < 4.78 is 0. The van der Waals surface area contributed by atoms with Crippen LogP contribution in [0.3, 0.4) is 0 Å². The van der Waals surface area contributed by atoms with Gasteiger partial charge in [-0.15, -0.1) is 0 Å². The molecule has 1 rings (SSSR count). The van der Waals surface area contributed by atoms with Crippen LogP contribution in [-0.4, -0.2) is 29.6 Å². The average Bonchev–Trinajstić information content (AvgIpc) is 2.01. The lowest BCUT2D eigenvalue weighted by Gasteiger charge is -2.10. The molecular formula is C9H12ClN2O2+. The number of carbonyl (C=O) groups is 1. The minimum Gasteiger partial charge on any atom is -0.480 e. The van der Waals surface area contributed by atoms with Crippen LogP contribution in [0.25, 0.3) is 0 Å². The third-order valence-corrected chi connectivity index (χ3v) is 1.90. The molecule has 0 unspecified atom stereocenters. The number of pyridine rings is 1. The van der Waals surface area contributed by atoms with Gasteiger partial charge in [0.1, 0.15) is 0 Å². The number of nitrogens with one attached hydrogen (secondary N) is 1. The van der Waals surface area contributed by atoms with Crippen LogP contribution < -0.4 is 4.98 Å². The molecule has 0 fully saturated rings. The highest BCUT2D eigenvalue weighted by Crippen LogP contribution is 2.06. The second kappa shape index (κ2) is 4.93. The Morgan fingerprint density at radius 1 is 1.71 bits per heavy atom. The van der Waals surface area contributed by atoms with E-state index in [-0.39, 0.29) is 6.54 Å². The molecule has 2 N–H and O–H groups in total. The van der Waals surface area contributed by atoms with Crippen molar-refractivity contribution in [3.8, 4) is 0 Å². The normalized spacial score (nSPS) is 10.5. The maximum atomic E-state index is 10.4. The first-order valence-electron chi connectivity index (χ1n) is 4.14. The number of aromatic nitrogens is 1. The number of carboxylic acid groups (broad SMARTS) is 1. The van der Waals surface area contributed by atoms with E-state index in [9.17, 15) is 4.79 Å². The van der Waals surface area contributed by atoms with E-state index in [1.165, 1.54) is 0 Å². The van der Waals surface area contributed by atoms with Crippen LogP contribution in [0.4, 0.5) is 0 Å². The fourth-order valence-electron chi connectivity index (χ4n) is 1.15. The first kappa shape index (κ1) is 10.9. The summed E-state index contributed by atoms with van der Waals surface area (Å²) in [4.78, 5) is 15.1. The summed E-state index contributed by atoms with van der Waals surface area (Å²) in [5, 5.41) is 9.18. The van der Waals surface area contributed by atoms with E-state index in [0.717, 1.165) is 5.69 Å². The molecule has 0 bridgehead atoms. The highest BCUT2D eigenvalue weighted by Gasteiger charge is 2.09. The zero-order chi connectivity index (χ0) is 10.6. The van der Waals surface area contributed by atoms with Gasteiger partial charge in [-0.25, -0.2) is 4.98 Å². The van der Waals surface area contributed by atoms with E-state index in [1.54, 1.807) is 30.3 Å². The number of likely N-dealkylation sites (N-methyl/N-ethyl adjacent to an activating group) is 1. The molecule has 0 aromatic carbocycles. The van der Waals surface area contributed by atoms with Crippen LogP contribution in [0.15, 0.2) is 18.3 Å². The maximum absolute atomic E-state index is 10.4. The lowest BCUT2D eigenvalue weighted by molar-refractivity contribution is -0.392. The van der Waals surface area contributed by atoms with Gasteiger partial charge < -0.3 is 5.11 Å². The third-order valence-electron chi connectivity index (χ3n) is 1.67. The molecule has 0 saturated heterocycles. The van der Waals surface area contributed by atoms with E-state index in [0.29, 0.717) is 11.6 Å². The van der Waals surface area contributed by atoms with Crippen LogP contribution in [0.1, 0.15) is 5.69 Å². The lowest BCUT2D eigenvalue weighted by atomic mass is 10.3. The van der Waals surface area contributed by atoms with Crippen LogP contribution in [0.2, 0.25) is 5.02 Å². The van der Waals surface area contributed by atoms with Crippen LogP contribution in [0.5, 0.6) is 0 Å². The maximum Gasteiger partial charge on any atom is 0.317 e. The monoisotopic (exact) mass is 215 g/mol. The largest absolute Gasteiger partial charge is 0.480 e. The summed E-state index contributed by atoms with van der Waals surface area (Å²) in [5.74, 6) is -0.838. The number of carboxylic acids is 1. The fourth-order valence-corrected chi connectivity index (χ4v) is 1.35. The topological polar surface area (TPSA) is 54.7 Å². The molecule has 0 amide bonds. The highest BCUT2D eigenvalue weighted by atomic mass is 35.5. The Balaban J connectivity index is 2.55. The van der Waals surface area contributed by atoms with Gasteiger partial charge in [-0.2, -0.15) is 0 Å². The molecule has 4 nitrogen and oxygen atoms in total. The number of H-pyrrole nitrogens is 1. The molecule has 1 heterocycles. The number of aromatic amines is 1. The summed E-state index contributed by atoms with van der Waals surface area (Å²) in [5.41, 5.74) is 0.890. The summed E-state index contributed by atoms with van der Waals surface area (Å²) in [7, 11) is 1.74. The summed E-state index contributed by atoms with van der Waals surface area (Å²) in [6.07, 6.45) is 1.73. The summed E-state index contributed by atoms with van der Waals surface area (Å²) in [6, 6.07) is 3.52.